The SMILES string of the molecule is CNC(c1ccc2[nH]c(=O)oc2c1)C1(N)CC1. The highest BCUT2D eigenvalue weighted by atomic mass is 16.4. The van der Waals surface area contributed by atoms with Crippen LogP contribution in [-0.4, -0.2) is 17.6 Å². The maximum absolute atomic E-state index is 11.1. The molecule has 0 amide bonds. The molecule has 1 saturated carbocycles. The van der Waals surface area contributed by atoms with Crippen LogP contribution in [-0.2, 0) is 0 Å². The molecule has 1 atom stereocenters. The van der Waals surface area contributed by atoms with Crippen molar-refractivity contribution in [2.75, 3.05) is 7.05 Å². The molecule has 17 heavy (non-hydrogen) atoms. The Labute approximate surface area is 98.0 Å². The topological polar surface area (TPSA) is 84.0 Å². The number of benzene rings is 1. The molecule has 5 heteroatoms. The summed E-state index contributed by atoms with van der Waals surface area (Å²) in [7, 11) is 1.90. The van der Waals surface area contributed by atoms with Gasteiger partial charge in [-0.3, -0.25) is 4.98 Å². The van der Waals surface area contributed by atoms with E-state index in [0.29, 0.717) is 5.58 Å². The minimum absolute atomic E-state index is 0.104. The summed E-state index contributed by atoms with van der Waals surface area (Å²) >= 11 is 0. The van der Waals surface area contributed by atoms with E-state index < -0.39 is 5.76 Å². The molecule has 4 N–H and O–H groups in total. The molecule has 0 radical (unpaired) electrons. The Balaban J connectivity index is 2.07. The molecule has 1 aliphatic carbocycles. The van der Waals surface area contributed by atoms with Gasteiger partial charge in [0.1, 0.15) is 0 Å². The number of nitrogens with one attached hydrogen (secondary N) is 2. The van der Waals surface area contributed by atoms with Gasteiger partial charge in [-0.05, 0) is 37.6 Å². The minimum atomic E-state index is -0.424. The number of aromatic amines is 1. The summed E-state index contributed by atoms with van der Waals surface area (Å²) in [5.74, 6) is -0.424. The summed E-state index contributed by atoms with van der Waals surface area (Å²) < 4.78 is 5.06. The summed E-state index contributed by atoms with van der Waals surface area (Å²) in [5, 5.41) is 3.24. The Kier molecular flexibility index (Phi) is 2.14. The molecule has 5 nitrogen and oxygen atoms in total. The van der Waals surface area contributed by atoms with Crippen LogP contribution in [0.15, 0.2) is 27.4 Å². The Morgan fingerprint density at radius 2 is 2.29 bits per heavy atom. The van der Waals surface area contributed by atoms with Gasteiger partial charge in [-0.2, -0.15) is 0 Å². The second-order valence-electron chi connectivity index (χ2n) is 4.72. The van der Waals surface area contributed by atoms with Crippen LogP contribution in [0.4, 0.5) is 0 Å². The lowest BCUT2D eigenvalue weighted by molar-refractivity contribution is 0.461. The Morgan fingerprint density at radius 1 is 1.53 bits per heavy atom. The number of aromatic nitrogens is 1. The third-order valence-electron chi connectivity index (χ3n) is 3.47. The van der Waals surface area contributed by atoms with Crippen molar-refractivity contribution in [2.45, 2.75) is 24.4 Å². The average Bonchev–Trinajstić information content (AvgIpc) is 2.90. The van der Waals surface area contributed by atoms with Gasteiger partial charge in [0.15, 0.2) is 5.58 Å². The maximum Gasteiger partial charge on any atom is 0.417 e. The van der Waals surface area contributed by atoms with Crippen molar-refractivity contribution in [1.82, 2.24) is 10.3 Å². The Hall–Kier alpha value is -1.59. The van der Waals surface area contributed by atoms with Crippen LogP contribution in [0.3, 0.4) is 0 Å². The van der Waals surface area contributed by atoms with E-state index >= 15 is 0 Å². The van der Waals surface area contributed by atoms with E-state index in [1.54, 1.807) is 0 Å². The van der Waals surface area contributed by atoms with Crippen molar-refractivity contribution in [3.05, 3.63) is 34.3 Å². The molecule has 0 spiro atoms. The second kappa shape index (κ2) is 3.45. The first kappa shape index (κ1) is 10.6. The molecule has 0 aliphatic heterocycles. The van der Waals surface area contributed by atoms with E-state index in [4.69, 9.17) is 10.2 Å². The third-order valence-corrected chi connectivity index (χ3v) is 3.47. The molecule has 1 aromatic carbocycles. The van der Waals surface area contributed by atoms with Crippen LogP contribution >= 0.6 is 0 Å². The predicted molar refractivity (Wildman–Crippen MR) is 64.8 cm³/mol. The molecule has 1 fully saturated rings. The normalized spacial score (nSPS) is 19.4. The largest absolute Gasteiger partial charge is 0.417 e. The number of rotatable bonds is 3. The second-order valence-corrected chi connectivity index (χ2v) is 4.72. The fourth-order valence-corrected chi connectivity index (χ4v) is 2.36. The van der Waals surface area contributed by atoms with Crippen LogP contribution in [0.5, 0.6) is 0 Å². The van der Waals surface area contributed by atoms with Crippen LogP contribution in [0.25, 0.3) is 11.1 Å². The molecule has 1 unspecified atom stereocenters. The lowest BCUT2D eigenvalue weighted by Crippen LogP contribution is -2.38. The number of hydrogen-bond donors (Lipinski definition) is 3. The summed E-state index contributed by atoms with van der Waals surface area (Å²) in [4.78, 5) is 13.7. The maximum atomic E-state index is 11.1. The summed E-state index contributed by atoms with van der Waals surface area (Å²) in [6.45, 7) is 0. The zero-order valence-corrected chi connectivity index (χ0v) is 9.62. The molecule has 1 aliphatic rings. The van der Waals surface area contributed by atoms with E-state index in [9.17, 15) is 4.79 Å². The monoisotopic (exact) mass is 233 g/mol. The predicted octanol–water partition coefficient (Wildman–Crippen LogP) is 0.873. The van der Waals surface area contributed by atoms with E-state index in [2.05, 4.69) is 10.3 Å². The summed E-state index contributed by atoms with van der Waals surface area (Å²) in [6, 6.07) is 5.81. The fraction of sp³-hybridized carbons (Fsp3) is 0.417. The van der Waals surface area contributed by atoms with Gasteiger partial charge in [-0.25, -0.2) is 4.79 Å². The first-order valence-electron chi connectivity index (χ1n) is 5.71. The minimum Gasteiger partial charge on any atom is -0.408 e. The van der Waals surface area contributed by atoms with Crippen molar-refractivity contribution in [3.8, 4) is 0 Å². The first-order valence-corrected chi connectivity index (χ1v) is 5.71. The molecular weight excluding hydrogens is 218 g/mol. The highest BCUT2D eigenvalue weighted by Crippen LogP contribution is 2.43. The van der Waals surface area contributed by atoms with Gasteiger partial charge in [0.2, 0.25) is 0 Å². The zero-order valence-electron chi connectivity index (χ0n) is 9.62. The van der Waals surface area contributed by atoms with E-state index in [0.717, 1.165) is 23.9 Å². The van der Waals surface area contributed by atoms with Crippen LogP contribution in [0, 0.1) is 0 Å². The van der Waals surface area contributed by atoms with Gasteiger partial charge in [0.05, 0.1) is 11.6 Å². The number of hydrogen-bond acceptors (Lipinski definition) is 4. The number of fused-ring (bicyclic) bond motifs is 1. The van der Waals surface area contributed by atoms with Crippen molar-refractivity contribution >= 4 is 11.1 Å². The molecule has 1 heterocycles. The lowest BCUT2D eigenvalue weighted by Gasteiger charge is -2.23. The number of nitrogens with two attached hydrogens (primary N) is 1. The highest BCUT2D eigenvalue weighted by molar-refractivity contribution is 5.73. The average molecular weight is 233 g/mol. The standard InChI is InChI=1S/C12H15N3O2/c1-14-10(12(13)4-5-12)7-2-3-8-9(6-7)17-11(16)15-8/h2-3,6,10,14H,4-5,13H2,1H3,(H,15,16). The summed E-state index contributed by atoms with van der Waals surface area (Å²) in [6.07, 6.45) is 2.04. The van der Waals surface area contributed by atoms with Crippen molar-refractivity contribution < 1.29 is 4.42 Å². The van der Waals surface area contributed by atoms with E-state index in [-0.39, 0.29) is 11.6 Å². The van der Waals surface area contributed by atoms with Gasteiger partial charge >= 0.3 is 5.76 Å². The number of H-pyrrole nitrogens is 1. The quantitative estimate of drug-likeness (QED) is 0.734. The van der Waals surface area contributed by atoms with Gasteiger partial charge in [-0.15, -0.1) is 0 Å². The Bertz CT molecular complexity index is 609. The number of oxazole rings is 1. The smallest absolute Gasteiger partial charge is 0.408 e. The molecule has 2 aromatic rings. The van der Waals surface area contributed by atoms with Crippen molar-refractivity contribution in [1.29, 1.82) is 0 Å². The molecular formula is C12H15N3O2. The summed E-state index contributed by atoms with van der Waals surface area (Å²) in [5.41, 5.74) is 8.42. The van der Waals surface area contributed by atoms with E-state index in [1.165, 1.54) is 0 Å². The number of likely N-dealkylation sites (N-methyl/N-ethyl adjacent to an activating group) is 1. The fourth-order valence-electron chi connectivity index (χ4n) is 2.36. The molecule has 0 bridgehead atoms. The molecule has 3 rings (SSSR count). The first-order chi connectivity index (χ1) is 8.12. The molecule has 0 saturated heterocycles. The highest BCUT2D eigenvalue weighted by Gasteiger charge is 2.45. The zero-order chi connectivity index (χ0) is 12.0. The van der Waals surface area contributed by atoms with Crippen molar-refractivity contribution in [3.63, 3.8) is 0 Å². The van der Waals surface area contributed by atoms with Crippen LogP contribution in [0.2, 0.25) is 0 Å². The van der Waals surface area contributed by atoms with Gasteiger partial charge < -0.3 is 15.5 Å². The van der Waals surface area contributed by atoms with Crippen LogP contribution < -0.4 is 16.8 Å². The van der Waals surface area contributed by atoms with Gasteiger partial charge in [0, 0.05) is 5.54 Å². The third kappa shape index (κ3) is 1.67. The van der Waals surface area contributed by atoms with Crippen molar-refractivity contribution in [2.24, 2.45) is 5.73 Å². The van der Waals surface area contributed by atoms with Crippen LogP contribution in [0.1, 0.15) is 24.4 Å². The van der Waals surface area contributed by atoms with Gasteiger partial charge in [-0.1, -0.05) is 6.07 Å². The molecule has 90 valence electrons. The lowest BCUT2D eigenvalue weighted by atomic mass is 9.98. The Morgan fingerprint density at radius 3 is 2.94 bits per heavy atom. The molecule has 1 aromatic heterocycles. The van der Waals surface area contributed by atoms with Gasteiger partial charge in [0.25, 0.3) is 0 Å². The van der Waals surface area contributed by atoms with E-state index in [1.807, 2.05) is 25.2 Å².